The van der Waals surface area contributed by atoms with Gasteiger partial charge >= 0.3 is 0 Å². The summed E-state index contributed by atoms with van der Waals surface area (Å²) in [4.78, 5) is 26.2. The molecule has 1 saturated heterocycles. The molecule has 0 unspecified atom stereocenters. The van der Waals surface area contributed by atoms with Crippen LogP contribution in [0.2, 0.25) is 0 Å². The Morgan fingerprint density at radius 1 is 1.17 bits per heavy atom. The molecular formula is C17H18N2O3S. The Morgan fingerprint density at radius 2 is 1.87 bits per heavy atom. The van der Waals surface area contributed by atoms with Gasteiger partial charge in [0.25, 0.3) is 5.91 Å². The van der Waals surface area contributed by atoms with E-state index in [0.29, 0.717) is 36.9 Å². The van der Waals surface area contributed by atoms with Gasteiger partial charge in [0.2, 0.25) is 5.91 Å². The number of nitrogens with one attached hydrogen (secondary N) is 1. The van der Waals surface area contributed by atoms with Crippen LogP contribution in [0.1, 0.15) is 17.3 Å². The molecule has 1 fully saturated rings. The number of hydrogen-bond acceptors (Lipinski definition) is 4. The number of thiophene rings is 1. The van der Waals surface area contributed by atoms with Crippen molar-refractivity contribution in [1.29, 1.82) is 0 Å². The summed E-state index contributed by atoms with van der Waals surface area (Å²) >= 11 is 1.38. The monoisotopic (exact) mass is 330 g/mol. The highest BCUT2D eigenvalue weighted by atomic mass is 32.1. The predicted octanol–water partition coefficient (Wildman–Crippen LogP) is 2.85. The second-order valence-electron chi connectivity index (χ2n) is 5.31. The molecule has 0 bridgehead atoms. The van der Waals surface area contributed by atoms with Crippen LogP contribution in [0.5, 0.6) is 0 Å². The van der Waals surface area contributed by atoms with E-state index in [1.165, 1.54) is 18.3 Å². The molecule has 5 nitrogen and oxygen atoms in total. The molecular weight excluding hydrogens is 312 g/mol. The fourth-order valence-corrected chi connectivity index (χ4v) is 3.58. The van der Waals surface area contributed by atoms with Gasteiger partial charge in [-0.05, 0) is 5.56 Å². The van der Waals surface area contributed by atoms with Crippen molar-refractivity contribution in [3.8, 4) is 11.1 Å². The number of rotatable bonds is 3. The molecule has 1 aromatic heterocycles. The van der Waals surface area contributed by atoms with Gasteiger partial charge in [-0.25, -0.2) is 0 Å². The lowest BCUT2D eigenvalue weighted by molar-refractivity contribution is -0.114. The lowest BCUT2D eigenvalue weighted by Crippen LogP contribution is -2.41. The first-order chi connectivity index (χ1) is 11.2. The highest BCUT2D eigenvalue weighted by Crippen LogP contribution is 2.36. The Bertz CT molecular complexity index is 706. The third-order valence-electron chi connectivity index (χ3n) is 3.68. The first-order valence-electron chi connectivity index (χ1n) is 7.48. The molecule has 2 amide bonds. The molecule has 120 valence electrons. The fourth-order valence-electron chi connectivity index (χ4n) is 2.58. The van der Waals surface area contributed by atoms with Crippen LogP contribution in [-0.2, 0) is 9.53 Å². The van der Waals surface area contributed by atoms with Crippen molar-refractivity contribution in [1.82, 2.24) is 4.90 Å². The maximum Gasteiger partial charge on any atom is 0.257 e. The van der Waals surface area contributed by atoms with Gasteiger partial charge in [0.05, 0.1) is 18.8 Å². The highest BCUT2D eigenvalue weighted by molar-refractivity contribution is 7.15. The zero-order valence-electron chi connectivity index (χ0n) is 12.9. The maximum atomic E-state index is 13.0. The third-order valence-corrected chi connectivity index (χ3v) is 4.57. The Labute approximate surface area is 138 Å². The zero-order valence-corrected chi connectivity index (χ0v) is 13.7. The van der Waals surface area contributed by atoms with Crippen LogP contribution in [0, 0.1) is 0 Å². The first-order valence-corrected chi connectivity index (χ1v) is 8.36. The predicted molar refractivity (Wildman–Crippen MR) is 90.8 cm³/mol. The van der Waals surface area contributed by atoms with Gasteiger partial charge in [-0.3, -0.25) is 9.59 Å². The molecule has 0 saturated carbocycles. The number of benzene rings is 1. The second kappa shape index (κ2) is 6.93. The summed E-state index contributed by atoms with van der Waals surface area (Å²) in [7, 11) is 0. The molecule has 0 aliphatic carbocycles. The largest absolute Gasteiger partial charge is 0.378 e. The van der Waals surface area contributed by atoms with Crippen LogP contribution in [0.25, 0.3) is 11.1 Å². The van der Waals surface area contributed by atoms with E-state index in [9.17, 15) is 9.59 Å². The summed E-state index contributed by atoms with van der Waals surface area (Å²) in [5, 5.41) is 5.31. The molecule has 1 aliphatic rings. The second-order valence-corrected chi connectivity index (χ2v) is 6.18. The SMILES string of the molecule is CC(=O)Nc1scc(-c2ccccc2)c1C(=O)N1CCOCC1. The van der Waals surface area contributed by atoms with E-state index in [0.717, 1.165) is 11.1 Å². The van der Waals surface area contributed by atoms with Crippen LogP contribution in [-0.4, -0.2) is 43.0 Å². The molecule has 1 N–H and O–H groups in total. The number of amides is 2. The summed E-state index contributed by atoms with van der Waals surface area (Å²) in [5.74, 6) is -0.236. The number of ether oxygens (including phenoxy) is 1. The highest BCUT2D eigenvalue weighted by Gasteiger charge is 2.26. The Kier molecular flexibility index (Phi) is 4.73. The van der Waals surface area contributed by atoms with Crippen molar-refractivity contribution in [3.63, 3.8) is 0 Å². The minimum atomic E-state index is -0.178. The topological polar surface area (TPSA) is 58.6 Å². The van der Waals surface area contributed by atoms with Crippen molar-refractivity contribution >= 4 is 28.2 Å². The molecule has 6 heteroatoms. The fraction of sp³-hybridized carbons (Fsp3) is 0.294. The standard InChI is InChI=1S/C17H18N2O3S/c1-12(20)18-16-15(17(21)19-7-9-22-10-8-19)14(11-23-16)13-5-3-2-4-6-13/h2-6,11H,7-10H2,1H3,(H,18,20). The summed E-state index contributed by atoms with van der Waals surface area (Å²) in [6.07, 6.45) is 0. The zero-order chi connectivity index (χ0) is 16.2. The molecule has 0 spiro atoms. The van der Waals surface area contributed by atoms with E-state index < -0.39 is 0 Å². The number of morpholine rings is 1. The van der Waals surface area contributed by atoms with Gasteiger partial charge in [-0.1, -0.05) is 30.3 Å². The lowest BCUT2D eigenvalue weighted by atomic mass is 10.0. The number of carbonyl (C=O) groups is 2. The van der Waals surface area contributed by atoms with Crippen molar-refractivity contribution in [2.75, 3.05) is 31.6 Å². The van der Waals surface area contributed by atoms with E-state index in [2.05, 4.69) is 5.32 Å². The molecule has 2 heterocycles. The Morgan fingerprint density at radius 3 is 2.52 bits per heavy atom. The minimum absolute atomic E-state index is 0.0582. The minimum Gasteiger partial charge on any atom is -0.378 e. The van der Waals surface area contributed by atoms with Crippen LogP contribution in [0.4, 0.5) is 5.00 Å². The van der Waals surface area contributed by atoms with Crippen LogP contribution in [0.15, 0.2) is 35.7 Å². The number of hydrogen-bond donors (Lipinski definition) is 1. The van der Waals surface area contributed by atoms with Crippen molar-refractivity contribution in [2.45, 2.75) is 6.92 Å². The van der Waals surface area contributed by atoms with Crippen molar-refractivity contribution in [2.24, 2.45) is 0 Å². The number of carbonyl (C=O) groups excluding carboxylic acids is 2. The average molecular weight is 330 g/mol. The van der Waals surface area contributed by atoms with Crippen LogP contribution >= 0.6 is 11.3 Å². The van der Waals surface area contributed by atoms with Crippen molar-refractivity contribution in [3.05, 3.63) is 41.3 Å². The summed E-state index contributed by atoms with van der Waals surface area (Å²) in [6.45, 7) is 3.69. The van der Waals surface area contributed by atoms with E-state index >= 15 is 0 Å². The Hall–Kier alpha value is -2.18. The summed E-state index contributed by atoms with van der Waals surface area (Å²) < 4.78 is 5.32. The van der Waals surface area contributed by atoms with Gasteiger partial charge in [-0.2, -0.15) is 0 Å². The summed E-state index contributed by atoms with van der Waals surface area (Å²) in [6, 6.07) is 9.75. The van der Waals surface area contributed by atoms with Gasteiger partial charge in [0.15, 0.2) is 0 Å². The van der Waals surface area contributed by atoms with E-state index in [1.54, 1.807) is 4.90 Å². The van der Waals surface area contributed by atoms with Gasteiger partial charge < -0.3 is 15.0 Å². The van der Waals surface area contributed by atoms with E-state index in [4.69, 9.17) is 4.74 Å². The van der Waals surface area contributed by atoms with E-state index in [1.807, 2.05) is 35.7 Å². The molecule has 2 aromatic rings. The molecule has 1 aliphatic heterocycles. The van der Waals surface area contributed by atoms with E-state index in [-0.39, 0.29) is 11.8 Å². The average Bonchev–Trinajstić information content (AvgIpc) is 2.98. The Balaban J connectivity index is 2.02. The van der Waals surface area contributed by atoms with Gasteiger partial charge in [-0.15, -0.1) is 11.3 Å². The third kappa shape index (κ3) is 3.43. The van der Waals surface area contributed by atoms with Crippen LogP contribution in [0.3, 0.4) is 0 Å². The first kappa shape index (κ1) is 15.7. The molecule has 3 rings (SSSR count). The lowest BCUT2D eigenvalue weighted by Gasteiger charge is -2.27. The van der Waals surface area contributed by atoms with Gasteiger partial charge in [0.1, 0.15) is 5.00 Å². The quantitative estimate of drug-likeness (QED) is 0.941. The van der Waals surface area contributed by atoms with Crippen LogP contribution < -0.4 is 5.32 Å². The smallest absolute Gasteiger partial charge is 0.257 e. The molecule has 0 atom stereocenters. The van der Waals surface area contributed by atoms with Crippen molar-refractivity contribution < 1.29 is 14.3 Å². The van der Waals surface area contributed by atoms with Gasteiger partial charge in [0, 0.05) is 31.0 Å². The number of nitrogens with zero attached hydrogens (tertiary/aromatic N) is 1. The molecule has 23 heavy (non-hydrogen) atoms. The molecule has 0 radical (unpaired) electrons. The molecule has 1 aromatic carbocycles. The maximum absolute atomic E-state index is 13.0. The normalized spacial score (nSPS) is 14.6. The summed E-state index contributed by atoms with van der Waals surface area (Å²) in [5.41, 5.74) is 2.39. The number of anilines is 1.